The number of amides is 2. The predicted octanol–water partition coefficient (Wildman–Crippen LogP) is 2.69. The van der Waals surface area contributed by atoms with Gasteiger partial charge in [-0.15, -0.1) is 0 Å². The minimum Gasteiger partial charge on any atom is -0.444 e. The normalized spacial score (nSPS) is 29.5. The van der Waals surface area contributed by atoms with E-state index in [0.29, 0.717) is 18.5 Å². The van der Waals surface area contributed by atoms with Crippen LogP contribution in [0.25, 0.3) is 0 Å². The third kappa shape index (κ3) is 4.61. The van der Waals surface area contributed by atoms with E-state index in [1.807, 2.05) is 20.8 Å². The molecule has 1 heterocycles. The number of nitrogens with zero attached hydrogens (tertiary/aromatic N) is 1. The van der Waals surface area contributed by atoms with E-state index in [1.54, 1.807) is 4.90 Å². The number of hydrogen-bond acceptors (Lipinski definition) is 3. The third-order valence-electron chi connectivity index (χ3n) is 4.12. The first-order valence-electron chi connectivity index (χ1n) is 8.08. The van der Waals surface area contributed by atoms with Gasteiger partial charge in [0.05, 0.1) is 0 Å². The molecule has 0 aromatic carbocycles. The average Bonchev–Trinajstić information content (AvgIpc) is 3.08. The zero-order valence-electron chi connectivity index (χ0n) is 13.6. The van der Waals surface area contributed by atoms with Crippen LogP contribution in [0.3, 0.4) is 0 Å². The number of ether oxygens (including phenoxy) is 1. The molecule has 1 aliphatic carbocycles. The SMILES string of the molecule is C[C@@H]1C[C@@H]1NC(=O)[C@@H]1CCCCCN1C(=O)OC(C)(C)C. The minimum atomic E-state index is -0.532. The van der Waals surface area contributed by atoms with E-state index in [-0.39, 0.29) is 18.0 Å². The summed E-state index contributed by atoms with van der Waals surface area (Å²) < 4.78 is 5.46. The van der Waals surface area contributed by atoms with Gasteiger partial charge in [0.25, 0.3) is 0 Å². The number of likely N-dealkylation sites (tertiary alicyclic amines) is 1. The fourth-order valence-corrected chi connectivity index (χ4v) is 2.72. The Morgan fingerprint density at radius 1 is 1.19 bits per heavy atom. The molecule has 1 saturated heterocycles. The molecule has 0 aromatic rings. The first-order chi connectivity index (χ1) is 9.78. The lowest BCUT2D eigenvalue weighted by Gasteiger charge is -2.31. The number of nitrogens with one attached hydrogen (secondary N) is 1. The predicted molar refractivity (Wildman–Crippen MR) is 80.9 cm³/mol. The minimum absolute atomic E-state index is 0.0166. The molecule has 0 unspecified atom stereocenters. The average molecular weight is 296 g/mol. The van der Waals surface area contributed by atoms with Gasteiger partial charge in [0, 0.05) is 12.6 Å². The number of rotatable bonds is 2. The van der Waals surface area contributed by atoms with Crippen molar-refractivity contribution in [2.24, 2.45) is 5.92 Å². The van der Waals surface area contributed by atoms with Gasteiger partial charge in [-0.25, -0.2) is 4.79 Å². The van der Waals surface area contributed by atoms with Gasteiger partial charge < -0.3 is 10.1 Å². The number of carbonyl (C=O) groups excluding carboxylic acids is 2. The van der Waals surface area contributed by atoms with Crippen LogP contribution >= 0.6 is 0 Å². The molecule has 0 aromatic heterocycles. The van der Waals surface area contributed by atoms with Crippen LogP contribution in [-0.2, 0) is 9.53 Å². The topological polar surface area (TPSA) is 58.6 Å². The van der Waals surface area contributed by atoms with Gasteiger partial charge in [0.15, 0.2) is 0 Å². The molecule has 120 valence electrons. The van der Waals surface area contributed by atoms with Crippen LogP contribution in [0.5, 0.6) is 0 Å². The number of hydrogen-bond donors (Lipinski definition) is 1. The molecule has 1 N–H and O–H groups in total. The Bertz CT molecular complexity index is 403. The van der Waals surface area contributed by atoms with Crippen molar-refractivity contribution in [3.8, 4) is 0 Å². The zero-order valence-corrected chi connectivity index (χ0v) is 13.6. The zero-order chi connectivity index (χ0) is 15.6. The molecule has 0 radical (unpaired) electrons. The maximum absolute atomic E-state index is 12.5. The van der Waals surface area contributed by atoms with Crippen molar-refractivity contribution in [3.05, 3.63) is 0 Å². The first kappa shape index (κ1) is 16.1. The van der Waals surface area contributed by atoms with Crippen LogP contribution in [-0.4, -0.2) is 41.1 Å². The Kier molecular flexibility index (Phi) is 4.79. The fourth-order valence-electron chi connectivity index (χ4n) is 2.72. The van der Waals surface area contributed by atoms with E-state index in [0.717, 1.165) is 32.1 Å². The van der Waals surface area contributed by atoms with Crippen molar-refractivity contribution in [2.45, 2.75) is 77.5 Å². The van der Waals surface area contributed by atoms with Gasteiger partial charge in [-0.1, -0.05) is 19.8 Å². The summed E-state index contributed by atoms with van der Waals surface area (Å²) in [6, 6.07) is -0.0867. The Balaban J connectivity index is 2.02. The summed E-state index contributed by atoms with van der Waals surface area (Å²) in [5, 5.41) is 3.06. The van der Waals surface area contributed by atoms with Crippen LogP contribution in [0.15, 0.2) is 0 Å². The lowest BCUT2D eigenvalue weighted by molar-refractivity contribution is -0.126. The van der Waals surface area contributed by atoms with E-state index in [2.05, 4.69) is 12.2 Å². The molecule has 0 bridgehead atoms. The monoisotopic (exact) mass is 296 g/mol. The molecule has 1 saturated carbocycles. The third-order valence-corrected chi connectivity index (χ3v) is 4.12. The van der Waals surface area contributed by atoms with Crippen molar-refractivity contribution in [2.75, 3.05) is 6.54 Å². The highest BCUT2D eigenvalue weighted by molar-refractivity contribution is 5.86. The van der Waals surface area contributed by atoms with Crippen molar-refractivity contribution in [3.63, 3.8) is 0 Å². The summed E-state index contributed by atoms with van der Waals surface area (Å²) >= 11 is 0. The fraction of sp³-hybridized carbons (Fsp3) is 0.875. The molecule has 2 amide bonds. The van der Waals surface area contributed by atoms with Crippen LogP contribution in [0.4, 0.5) is 4.79 Å². The van der Waals surface area contributed by atoms with Gasteiger partial charge in [0.1, 0.15) is 11.6 Å². The van der Waals surface area contributed by atoms with E-state index in [1.165, 1.54) is 0 Å². The molecular weight excluding hydrogens is 268 g/mol. The molecule has 2 rings (SSSR count). The van der Waals surface area contributed by atoms with Gasteiger partial charge in [-0.3, -0.25) is 9.69 Å². The summed E-state index contributed by atoms with van der Waals surface area (Å²) in [7, 11) is 0. The summed E-state index contributed by atoms with van der Waals surface area (Å²) in [5.74, 6) is 0.548. The van der Waals surface area contributed by atoms with Crippen molar-refractivity contribution in [1.29, 1.82) is 0 Å². The quantitative estimate of drug-likeness (QED) is 0.852. The lowest BCUT2D eigenvalue weighted by Crippen LogP contribution is -2.51. The second-order valence-corrected chi connectivity index (χ2v) is 7.37. The maximum atomic E-state index is 12.5. The molecule has 2 fully saturated rings. The molecule has 0 spiro atoms. The number of carbonyl (C=O) groups is 2. The smallest absolute Gasteiger partial charge is 0.410 e. The molecule has 5 nitrogen and oxygen atoms in total. The molecule has 5 heteroatoms. The van der Waals surface area contributed by atoms with E-state index < -0.39 is 5.60 Å². The first-order valence-corrected chi connectivity index (χ1v) is 8.08. The van der Waals surface area contributed by atoms with Crippen LogP contribution in [0, 0.1) is 5.92 Å². The van der Waals surface area contributed by atoms with Gasteiger partial charge >= 0.3 is 6.09 Å². The van der Waals surface area contributed by atoms with Crippen molar-refractivity contribution in [1.82, 2.24) is 10.2 Å². The Hall–Kier alpha value is -1.26. The summed E-state index contributed by atoms with van der Waals surface area (Å²) in [5.41, 5.74) is -0.532. The molecular formula is C16H28N2O3. The highest BCUT2D eigenvalue weighted by Gasteiger charge is 2.39. The van der Waals surface area contributed by atoms with Crippen LogP contribution in [0.1, 0.15) is 59.8 Å². The summed E-state index contributed by atoms with van der Waals surface area (Å²) in [4.78, 5) is 26.5. The lowest BCUT2D eigenvalue weighted by atomic mass is 10.1. The Labute approximate surface area is 127 Å². The molecule has 1 aliphatic heterocycles. The second kappa shape index (κ2) is 6.24. The molecule has 2 aliphatic rings. The molecule has 3 atom stereocenters. The van der Waals surface area contributed by atoms with Crippen molar-refractivity contribution < 1.29 is 14.3 Å². The second-order valence-electron chi connectivity index (χ2n) is 7.37. The maximum Gasteiger partial charge on any atom is 0.410 e. The van der Waals surface area contributed by atoms with E-state index in [4.69, 9.17) is 4.74 Å². The summed E-state index contributed by atoms with van der Waals surface area (Å²) in [6.45, 7) is 8.29. The standard InChI is InChI=1S/C16H28N2O3/c1-11-10-12(11)17-14(19)13-8-6-5-7-9-18(13)15(20)21-16(2,3)4/h11-13H,5-10H2,1-4H3,(H,17,19)/t11-,12+,13+/m1/s1. The Morgan fingerprint density at radius 3 is 2.43 bits per heavy atom. The Morgan fingerprint density at radius 2 is 1.86 bits per heavy atom. The molecule has 21 heavy (non-hydrogen) atoms. The van der Waals surface area contributed by atoms with Gasteiger partial charge in [-0.05, 0) is 46.0 Å². The van der Waals surface area contributed by atoms with E-state index >= 15 is 0 Å². The van der Waals surface area contributed by atoms with Crippen LogP contribution < -0.4 is 5.32 Å². The van der Waals surface area contributed by atoms with Gasteiger partial charge in [-0.2, -0.15) is 0 Å². The van der Waals surface area contributed by atoms with Crippen LogP contribution in [0.2, 0.25) is 0 Å². The van der Waals surface area contributed by atoms with E-state index in [9.17, 15) is 9.59 Å². The van der Waals surface area contributed by atoms with Crippen molar-refractivity contribution >= 4 is 12.0 Å². The largest absolute Gasteiger partial charge is 0.444 e. The highest BCUT2D eigenvalue weighted by atomic mass is 16.6. The summed E-state index contributed by atoms with van der Waals surface area (Å²) in [6.07, 6.45) is 4.38. The van der Waals surface area contributed by atoms with Gasteiger partial charge in [0.2, 0.25) is 5.91 Å². The highest BCUT2D eigenvalue weighted by Crippen LogP contribution is 2.30.